The summed E-state index contributed by atoms with van der Waals surface area (Å²) in [5, 5.41) is 22.6. The third-order valence-corrected chi connectivity index (χ3v) is 3.84. The summed E-state index contributed by atoms with van der Waals surface area (Å²) in [4.78, 5) is 2.32. The summed E-state index contributed by atoms with van der Waals surface area (Å²) in [6, 6.07) is 5.66. The number of rotatable bonds is 4. The number of benzene rings is 1. The molecule has 1 heterocycles. The summed E-state index contributed by atoms with van der Waals surface area (Å²) in [7, 11) is 0. The number of hydrogen-bond donors (Lipinski definition) is 3. The second kappa shape index (κ2) is 8.07. The first-order chi connectivity index (χ1) is 8.72. The van der Waals surface area contributed by atoms with Gasteiger partial charge in [0, 0.05) is 48.9 Å². The Balaban J connectivity index is 0.00000180. The number of hydrogen-bond acceptors (Lipinski definition) is 4. The molecule has 6 heteroatoms. The van der Waals surface area contributed by atoms with Crippen LogP contribution in [0.25, 0.3) is 0 Å². The summed E-state index contributed by atoms with van der Waals surface area (Å²) in [6.07, 6.45) is 0.648. The quantitative estimate of drug-likeness (QED) is 0.775. The monoisotopic (exact) mass is 350 g/mol. The van der Waals surface area contributed by atoms with Crippen LogP contribution in [0.1, 0.15) is 18.0 Å². The third kappa shape index (κ3) is 4.33. The normalized spacial score (nSPS) is 17.8. The molecule has 1 aliphatic heterocycles. The molecule has 2 rings (SSSR count). The highest BCUT2D eigenvalue weighted by Crippen LogP contribution is 2.33. The van der Waals surface area contributed by atoms with Crippen LogP contribution in [0.2, 0.25) is 0 Å². The van der Waals surface area contributed by atoms with Crippen molar-refractivity contribution >= 4 is 28.3 Å². The zero-order chi connectivity index (χ0) is 13.0. The van der Waals surface area contributed by atoms with Gasteiger partial charge in [0.05, 0.1) is 0 Å². The molecule has 1 aliphatic rings. The summed E-state index contributed by atoms with van der Waals surface area (Å²) in [5.41, 5.74) is 0.897. The first kappa shape index (κ1) is 16.7. The predicted molar refractivity (Wildman–Crippen MR) is 81.9 cm³/mol. The third-order valence-electron chi connectivity index (χ3n) is 3.35. The van der Waals surface area contributed by atoms with Gasteiger partial charge in [-0.3, -0.25) is 4.90 Å². The molecule has 19 heavy (non-hydrogen) atoms. The van der Waals surface area contributed by atoms with Crippen molar-refractivity contribution < 1.29 is 10.2 Å². The van der Waals surface area contributed by atoms with Gasteiger partial charge in [-0.05, 0) is 18.6 Å². The molecule has 0 aliphatic carbocycles. The van der Waals surface area contributed by atoms with E-state index in [2.05, 4.69) is 26.1 Å². The molecule has 0 amide bonds. The molecule has 0 aromatic heterocycles. The van der Waals surface area contributed by atoms with Crippen LogP contribution >= 0.6 is 28.3 Å². The fourth-order valence-corrected chi connectivity index (χ4v) is 2.80. The zero-order valence-electron chi connectivity index (χ0n) is 10.7. The van der Waals surface area contributed by atoms with E-state index in [1.807, 2.05) is 12.1 Å². The number of halogens is 2. The molecule has 0 radical (unpaired) electrons. The lowest BCUT2D eigenvalue weighted by Crippen LogP contribution is -2.45. The van der Waals surface area contributed by atoms with E-state index in [0.29, 0.717) is 12.2 Å². The molecular formula is C13H20BrClN2O2. The Bertz CT molecular complexity index is 400. The Kier molecular flexibility index (Phi) is 7.10. The van der Waals surface area contributed by atoms with Gasteiger partial charge >= 0.3 is 0 Å². The van der Waals surface area contributed by atoms with Crippen LogP contribution in [-0.4, -0.2) is 47.9 Å². The second-order valence-corrected chi connectivity index (χ2v) is 5.43. The largest absolute Gasteiger partial charge is 0.508 e. The van der Waals surface area contributed by atoms with Gasteiger partial charge in [0.15, 0.2) is 0 Å². The van der Waals surface area contributed by atoms with Crippen LogP contribution in [0.3, 0.4) is 0 Å². The average molecular weight is 352 g/mol. The summed E-state index contributed by atoms with van der Waals surface area (Å²) in [6.45, 7) is 3.93. The molecule has 1 atom stereocenters. The number of nitrogens with zero attached hydrogens (tertiary/aromatic N) is 1. The molecule has 1 fully saturated rings. The minimum atomic E-state index is 0. The maximum atomic E-state index is 10.1. The number of phenols is 1. The maximum Gasteiger partial charge on any atom is 0.121 e. The average Bonchev–Trinajstić information content (AvgIpc) is 2.38. The van der Waals surface area contributed by atoms with Crippen LogP contribution in [0, 0.1) is 0 Å². The Hall–Kier alpha value is -0.330. The van der Waals surface area contributed by atoms with Crippen molar-refractivity contribution in [1.82, 2.24) is 10.2 Å². The number of aliphatic hydroxyl groups excluding tert-OH is 1. The smallest absolute Gasteiger partial charge is 0.121 e. The van der Waals surface area contributed by atoms with Gasteiger partial charge in [-0.2, -0.15) is 0 Å². The minimum absolute atomic E-state index is 0. The molecule has 1 aromatic rings. The zero-order valence-corrected chi connectivity index (χ0v) is 13.1. The standard InChI is InChI=1S/C13H19BrN2O2.ClH/c14-10-1-2-11(13(18)9-10)12(3-8-17)16-6-4-15-5-7-16;/h1-2,9,12,15,17-18H,3-8H2;1H/t12-;/m1./s1. The maximum absolute atomic E-state index is 10.1. The van der Waals surface area contributed by atoms with Gasteiger partial charge in [0.1, 0.15) is 5.75 Å². The second-order valence-electron chi connectivity index (χ2n) is 4.52. The van der Waals surface area contributed by atoms with E-state index in [4.69, 9.17) is 0 Å². The van der Waals surface area contributed by atoms with Crippen molar-refractivity contribution in [3.8, 4) is 5.75 Å². The lowest BCUT2D eigenvalue weighted by Gasteiger charge is -2.35. The van der Waals surface area contributed by atoms with Crippen molar-refractivity contribution in [3.05, 3.63) is 28.2 Å². The fourth-order valence-electron chi connectivity index (χ4n) is 2.45. The molecular weight excluding hydrogens is 332 g/mol. The Morgan fingerprint density at radius 2 is 2.00 bits per heavy atom. The van der Waals surface area contributed by atoms with Crippen molar-refractivity contribution in [3.63, 3.8) is 0 Å². The summed E-state index contributed by atoms with van der Waals surface area (Å²) in [5.74, 6) is 0.293. The van der Waals surface area contributed by atoms with Crippen molar-refractivity contribution in [2.45, 2.75) is 12.5 Å². The minimum Gasteiger partial charge on any atom is -0.508 e. The molecule has 1 saturated heterocycles. The lowest BCUT2D eigenvalue weighted by atomic mass is 10.0. The molecule has 3 N–H and O–H groups in total. The van der Waals surface area contributed by atoms with Crippen molar-refractivity contribution in [1.29, 1.82) is 0 Å². The highest BCUT2D eigenvalue weighted by atomic mass is 79.9. The van der Waals surface area contributed by atoms with Gasteiger partial charge in [-0.25, -0.2) is 0 Å². The molecule has 0 saturated carbocycles. The first-order valence-corrected chi connectivity index (χ1v) is 7.05. The van der Waals surface area contributed by atoms with E-state index in [0.717, 1.165) is 36.2 Å². The highest BCUT2D eigenvalue weighted by molar-refractivity contribution is 9.10. The fraction of sp³-hybridized carbons (Fsp3) is 0.538. The number of aliphatic hydroxyl groups is 1. The number of piperazine rings is 1. The number of nitrogens with one attached hydrogen (secondary N) is 1. The van der Waals surface area contributed by atoms with E-state index in [9.17, 15) is 10.2 Å². The summed E-state index contributed by atoms with van der Waals surface area (Å²) >= 11 is 3.35. The van der Waals surface area contributed by atoms with Gasteiger partial charge in [0.2, 0.25) is 0 Å². The summed E-state index contributed by atoms with van der Waals surface area (Å²) < 4.78 is 0.867. The first-order valence-electron chi connectivity index (χ1n) is 6.26. The van der Waals surface area contributed by atoms with E-state index in [-0.39, 0.29) is 25.1 Å². The van der Waals surface area contributed by atoms with Gasteiger partial charge in [-0.15, -0.1) is 12.4 Å². The molecule has 0 unspecified atom stereocenters. The van der Waals surface area contributed by atoms with Crippen LogP contribution in [-0.2, 0) is 0 Å². The SMILES string of the molecule is Cl.OCC[C@H](c1ccc(Br)cc1O)N1CCNCC1. The van der Waals surface area contributed by atoms with Gasteiger partial charge in [-0.1, -0.05) is 22.0 Å². The van der Waals surface area contributed by atoms with Gasteiger partial charge in [0.25, 0.3) is 0 Å². The molecule has 0 bridgehead atoms. The Labute approximate surface area is 128 Å². The van der Waals surface area contributed by atoms with E-state index < -0.39 is 0 Å². The topological polar surface area (TPSA) is 55.7 Å². The predicted octanol–water partition coefficient (Wildman–Crippen LogP) is 1.91. The lowest BCUT2D eigenvalue weighted by molar-refractivity contribution is 0.139. The number of aromatic hydroxyl groups is 1. The Morgan fingerprint density at radius 1 is 1.32 bits per heavy atom. The van der Waals surface area contributed by atoms with Crippen molar-refractivity contribution in [2.24, 2.45) is 0 Å². The van der Waals surface area contributed by atoms with Crippen LogP contribution in [0.15, 0.2) is 22.7 Å². The number of phenolic OH excluding ortho intramolecular Hbond substituents is 1. The van der Waals surface area contributed by atoms with Gasteiger partial charge < -0.3 is 15.5 Å². The Morgan fingerprint density at radius 3 is 2.58 bits per heavy atom. The van der Waals surface area contributed by atoms with E-state index >= 15 is 0 Å². The van der Waals surface area contributed by atoms with Crippen molar-refractivity contribution in [2.75, 3.05) is 32.8 Å². The van der Waals surface area contributed by atoms with E-state index in [1.165, 1.54) is 0 Å². The van der Waals surface area contributed by atoms with Crippen LogP contribution in [0.4, 0.5) is 0 Å². The van der Waals surface area contributed by atoms with E-state index in [1.54, 1.807) is 6.07 Å². The highest BCUT2D eigenvalue weighted by Gasteiger charge is 2.23. The molecule has 0 spiro atoms. The van der Waals surface area contributed by atoms with Crippen LogP contribution in [0.5, 0.6) is 5.75 Å². The molecule has 4 nitrogen and oxygen atoms in total. The molecule has 108 valence electrons. The van der Waals surface area contributed by atoms with Crippen LogP contribution < -0.4 is 5.32 Å². The molecule has 1 aromatic carbocycles.